The molecule has 0 aliphatic carbocycles. The molecule has 1 aromatic rings. The highest BCUT2D eigenvalue weighted by Crippen LogP contribution is 2.25. The second-order valence-electron chi connectivity index (χ2n) is 6.74. The molecule has 0 bridgehead atoms. The normalized spacial score (nSPS) is 17.2. The SMILES string of the molecule is CC(C)CN(C)C(=O)C1CCN(S(=O)(=O)c2ccc(Cl)cc2)CC1. The lowest BCUT2D eigenvalue weighted by atomic mass is 9.96. The summed E-state index contributed by atoms with van der Waals surface area (Å²) in [4.78, 5) is 14.4. The molecule has 1 aliphatic rings. The van der Waals surface area contributed by atoms with Crippen molar-refractivity contribution in [3.63, 3.8) is 0 Å². The van der Waals surface area contributed by atoms with Crippen molar-refractivity contribution in [1.29, 1.82) is 0 Å². The molecule has 0 aromatic heterocycles. The first kappa shape index (κ1) is 19.2. The summed E-state index contributed by atoms with van der Waals surface area (Å²) in [6, 6.07) is 6.19. The predicted molar refractivity (Wildman–Crippen MR) is 95.4 cm³/mol. The first-order valence-electron chi connectivity index (χ1n) is 8.22. The number of benzene rings is 1. The fourth-order valence-electron chi connectivity index (χ4n) is 3.05. The Morgan fingerprint density at radius 3 is 2.29 bits per heavy atom. The van der Waals surface area contributed by atoms with Crippen LogP contribution in [0.25, 0.3) is 0 Å². The Morgan fingerprint density at radius 1 is 1.25 bits per heavy atom. The van der Waals surface area contributed by atoms with Gasteiger partial charge >= 0.3 is 0 Å². The van der Waals surface area contributed by atoms with E-state index in [1.54, 1.807) is 17.0 Å². The van der Waals surface area contributed by atoms with Crippen molar-refractivity contribution in [2.75, 3.05) is 26.7 Å². The van der Waals surface area contributed by atoms with Gasteiger partial charge in [0.25, 0.3) is 0 Å². The zero-order valence-corrected chi connectivity index (χ0v) is 16.0. The Labute approximate surface area is 149 Å². The smallest absolute Gasteiger partial charge is 0.243 e. The lowest BCUT2D eigenvalue weighted by Crippen LogP contribution is -2.44. The third-order valence-corrected chi connectivity index (χ3v) is 6.43. The molecule has 7 heteroatoms. The zero-order chi connectivity index (χ0) is 17.9. The van der Waals surface area contributed by atoms with Gasteiger partial charge in [-0.2, -0.15) is 4.31 Å². The van der Waals surface area contributed by atoms with Crippen LogP contribution in [-0.2, 0) is 14.8 Å². The number of halogens is 1. The zero-order valence-electron chi connectivity index (χ0n) is 14.4. The van der Waals surface area contributed by atoms with Gasteiger partial charge in [0, 0.05) is 37.6 Å². The largest absolute Gasteiger partial charge is 0.345 e. The minimum atomic E-state index is -3.52. The average molecular weight is 373 g/mol. The molecule has 1 aromatic carbocycles. The summed E-state index contributed by atoms with van der Waals surface area (Å²) in [6.45, 7) is 5.62. The van der Waals surface area contributed by atoms with Gasteiger partial charge in [-0.25, -0.2) is 8.42 Å². The highest BCUT2D eigenvalue weighted by Gasteiger charge is 2.33. The summed E-state index contributed by atoms with van der Waals surface area (Å²) in [6.07, 6.45) is 1.13. The number of nitrogens with zero attached hydrogens (tertiary/aromatic N) is 2. The molecule has 24 heavy (non-hydrogen) atoms. The first-order chi connectivity index (χ1) is 11.2. The lowest BCUT2D eigenvalue weighted by Gasteiger charge is -2.33. The van der Waals surface area contributed by atoms with E-state index in [9.17, 15) is 13.2 Å². The monoisotopic (exact) mass is 372 g/mol. The Kier molecular flexibility index (Phi) is 6.28. The number of piperidine rings is 1. The van der Waals surface area contributed by atoms with Crippen LogP contribution in [0.3, 0.4) is 0 Å². The molecule has 1 saturated heterocycles. The summed E-state index contributed by atoms with van der Waals surface area (Å²) >= 11 is 5.82. The maximum Gasteiger partial charge on any atom is 0.243 e. The molecule has 134 valence electrons. The molecule has 0 radical (unpaired) electrons. The number of hydrogen-bond acceptors (Lipinski definition) is 3. The van der Waals surface area contributed by atoms with E-state index in [0.29, 0.717) is 36.9 Å². The first-order valence-corrected chi connectivity index (χ1v) is 10.0. The van der Waals surface area contributed by atoms with E-state index in [0.717, 1.165) is 6.54 Å². The lowest BCUT2D eigenvalue weighted by molar-refractivity contribution is -0.135. The highest BCUT2D eigenvalue weighted by molar-refractivity contribution is 7.89. The van der Waals surface area contributed by atoms with Gasteiger partial charge in [-0.05, 0) is 43.0 Å². The number of hydrogen-bond donors (Lipinski definition) is 0. The maximum absolute atomic E-state index is 12.6. The maximum atomic E-state index is 12.6. The van der Waals surface area contributed by atoms with E-state index < -0.39 is 10.0 Å². The van der Waals surface area contributed by atoms with Gasteiger partial charge in [-0.15, -0.1) is 0 Å². The number of carbonyl (C=O) groups is 1. The predicted octanol–water partition coefficient (Wildman–Crippen LogP) is 2.86. The molecule has 0 atom stereocenters. The molecule has 5 nitrogen and oxygen atoms in total. The van der Waals surface area contributed by atoms with Crippen LogP contribution in [0, 0.1) is 11.8 Å². The van der Waals surface area contributed by atoms with Crippen molar-refractivity contribution < 1.29 is 13.2 Å². The quantitative estimate of drug-likeness (QED) is 0.798. The van der Waals surface area contributed by atoms with Crippen LogP contribution >= 0.6 is 11.6 Å². The van der Waals surface area contributed by atoms with Gasteiger partial charge in [0.2, 0.25) is 15.9 Å². The van der Waals surface area contributed by atoms with Crippen LogP contribution < -0.4 is 0 Å². The van der Waals surface area contributed by atoms with Crippen LogP contribution in [0.15, 0.2) is 29.2 Å². The van der Waals surface area contributed by atoms with Crippen molar-refractivity contribution in [2.45, 2.75) is 31.6 Å². The fourth-order valence-corrected chi connectivity index (χ4v) is 4.64. The summed E-state index contributed by atoms with van der Waals surface area (Å²) in [7, 11) is -1.70. The third-order valence-electron chi connectivity index (χ3n) is 4.27. The highest BCUT2D eigenvalue weighted by atomic mass is 35.5. The standard InChI is InChI=1S/C17H25ClN2O3S/c1-13(2)12-19(3)17(21)14-8-10-20(11-9-14)24(22,23)16-6-4-15(18)5-7-16/h4-7,13-14H,8-12H2,1-3H3. The van der Waals surface area contributed by atoms with Gasteiger partial charge in [0.1, 0.15) is 0 Å². The molecule has 1 aliphatic heterocycles. The van der Waals surface area contributed by atoms with Crippen LogP contribution in [-0.4, -0.2) is 50.2 Å². The number of rotatable bonds is 5. The van der Waals surface area contributed by atoms with E-state index in [4.69, 9.17) is 11.6 Å². The van der Waals surface area contributed by atoms with Crippen molar-refractivity contribution >= 4 is 27.5 Å². The third kappa shape index (κ3) is 4.49. The Bertz CT molecular complexity index is 666. The summed E-state index contributed by atoms with van der Waals surface area (Å²) < 4.78 is 26.7. The molecule has 0 spiro atoms. The Morgan fingerprint density at radius 2 is 1.79 bits per heavy atom. The molecule has 0 unspecified atom stereocenters. The van der Waals surface area contributed by atoms with Crippen molar-refractivity contribution in [1.82, 2.24) is 9.21 Å². The Balaban J connectivity index is 1.99. The van der Waals surface area contributed by atoms with Crippen LogP contribution in [0.1, 0.15) is 26.7 Å². The molecule has 1 amide bonds. The summed E-state index contributed by atoms with van der Waals surface area (Å²) in [5.41, 5.74) is 0. The number of carbonyl (C=O) groups excluding carboxylic acids is 1. The van der Waals surface area contributed by atoms with Gasteiger partial charge in [-0.3, -0.25) is 4.79 Å². The molecule has 2 rings (SSSR count). The van der Waals surface area contributed by atoms with E-state index in [-0.39, 0.29) is 16.7 Å². The van der Waals surface area contributed by atoms with Crippen molar-refractivity contribution in [2.24, 2.45) is 11.8 Å². The van der Waals surface area contributed by atoms with E-state index in [1.165, 1.54) is 16.4 Å². The number of amides is 1. The second-order valence-corrected chi connectivity index (χ2v) is 9.12. The molecule has 1 fully saturated rings. The van der Waals surface area contributed by atoms with Gasteiger partial charge < -0.3 is 4.90 Å². The Hall–Kier alpha value is -1.11. The minimum Gasteiger partial charge on any atom is -0.345 e. The molecule has 0 saturated carbocycles. The fraction of sp³-hybridized carbons (Fsp3) is 0.588. The van der Waals surface area contributed by atoms with Gasteiger partial charge in [0.15, 0.2) is 0 Å². The average Bonchev–Trinajstić information content (AvgIpc) is 2.54. The van der Waals surface area contributed by atoms with Crippen LogP contribution in [0.4, 0.5) is 0 Å². The summed E-state index contributed by atoms with van der Waals surface area (Å²) in [5, 5.41) is 0.506. The number of sulfonamides is 1. The molecular formula is C17H25ClN2O3S. The van der Waals surface area contributed by atoms with E-state index in [2.05, 4.69) is 13.8 Å². The minimum absolute atomic E-state index is 0.0922. The van der Waals surface area contributed by atoms with Crippen molar-refractivity contribution in [3.05, 3.63) is 29.3 Å². The molecule has 1 heterocycles. The van der Waals surface area contributed by atoms with Gasteiger partial charge in [-0.1, -0.05) is 25.4 Å². The van der Waals surface area contributed by atoms with Crippen molar-refractivity contribution in [3.8, 4) is 0 Å². The van der Waals surface area contributed by atoms with Gasteiger partial charge in [0.05, 0.1) is 4.90 Å². The topological polar surface area (TPSA) is 57.7 Å². The molecular weight excluding hydrogens is 348 g/mol. The summed E-state index contributed by atoms with van der Waals surface area (Å²) in [5.74, 6) is 0.446. The van der Waals surface area contributed by atoms with Crippen LogP contribution in [0.2, 0.25) is 5.02 Å². The molecule has 0 N–H and O–H groups in total. The van der Waals surface area contributed by atoms with E-state index in [1.807, 2.05) is 7.05 Å². The second kappa shape index (κ2) is 7.85. The van der Waals surface area contributed by atoms with Crippen LogP contribution in [0.5, 0.6) is 0 Å². The van der Waals surface area contributed by atoms with E-state index >= 15 is 0 Å².